The SMILES string of the molecule is ClCC(Cl)CCl.[Si]. The highest BCUT2D eigenvalue weighted by Gasteiger charge is 1.95. The van der Waals surface area contributed by atoms with Crippen molar-refractivity contribution < 1.29 is 0 Å². The first-order valence-electron chi connectivity index (χ1n) is 1.57. The maximum Gasteiger partial charge on any atom is 0.0606 e. The summed E-state index contributed by atoms with van der Waals surface area (Å²) in [5, 5.41) is -0.0617. The lowest BCUT2D eigenvalue weighted by molar-refractivity contribution is 1.12. The van der Waals surface area contributed by atoms with Gasteiger partial charge in [-0.3, -0.25) is 0 Å². The van der Waals surface area contributed by atoms with Gasteiger partial charge in [0.1, 0.15) is 0 Å². The molecule has 0 unspecified atom stereocenters. The zero-order valence-electron chi connectivity index (χ0n) is 3.63. The third-order valence-corrected chi connectivity index (χ3v) is 1.70. The van der Waals surface area contributed by atoms with E-state index in [0.29, 0.717) is 11.8 Å². The quantitative estimate of drug-likeness (QED) is 0.443. The van der Waals surface area contributed by atoms with Gasteiger partial charge in [-0.1, -0.05) is 0 Å². The largest absolute Gasteiger partial charge is 0.125 e. The molecule has 0 saturated heterocycles. The van der Waals surface area contributed by atoms with E-state index >= 15 is 0 Å². The van der Waals surface area contributed by atoms with E-state index in [0.717, 1.165) is 0 Å². The summed E-state index contributed by atoms with van der Waals surface area (Å²) in [5.41, 5.74) is 0. The maximum atomic E-state index is 5.39. The molecule has 0 spiro atoms. The van der Waals surface area contributed by atoms with Crippen molar-refractivity contribution in [1.82, 2.24) is 0 Å². The molecule has 42 valence electrons. The van der Waals surface area contributed by atoms with Crippen LogP contribution in [0.4, 0.5) is 0 Å². The minimum Gasteiger partial charge on any atom is -0.125 e. The Morgan fingerprint density at radius 3 is 1.43 bits per heavy atom. The summed E-state index contributed by atoms with van der Waals surface area (Å²) in [6.45, 7) is 0. The summed E-state index contributed by atoms with van der Waals surface area (Å²) in [7, 11) is 0. The Labute approximate surface area is 63.2 Å². The van der Waals surface area contributed by atoms with Gasteiger partial charge < -0.3 is 0 Å². The average molecular weight is 176 g/mol. The molecule has 0 aliphatic carbocycles. The van der Waals surface area contributed by atoms with Crippen molar-refractivity contribution in [2.24, 2.45) is 0 Å². The van der Waals surface area contributed by atoms with E-state index in [1.54, 1.807) is 0 Å². The van der Waals surface area contributed by atoms with E-state index < -0.39 is 0 Å². The molecule has 7 heavy (non-hydrogen) atoms. The first-order chi connectivity index (χ1) is 2.81. The Morgan fingerprint density at radius 1 is 1.14 bits per heavy atom. The molecule has 0 bridgehead atoms. The van der Waals surface area contributed by atoms with E-state index in [-0.39, 0.29) is 16.3 Å². The average Bonchev–Trinajstić information content (AvgIpc) is 1.65. The molecule has 0 aromatic rings. The lowest BCUT2D eigenvalue weighted by Crippen LogP contribution is -1.99. The Balaban J connectivity index is 0. The highest BCUT2D eigenvalue weighted by molar-refractivity contribution is 6.32. The van der Waals surface area contributed by atoms with E-state index in [1.807, 2.05) is 0 Å². The molecule has 0 amide bonds. The van der Waals surface area contributed by atoms with Crippen LogP contribution in [0.25, 0.3) is 0 Å². The number of halogens is 3. The molecule has 0 heterocycles. The Bertz CT molecular complexity index is 29.4. The van der Waals surface area contributed by atoms with Crippen molar-refractivity contribution in [3.63, 3.8) is 0 Å². The number of hydrogen-bond acceptors (Lipinski definition) is 0. The van der Waals surface area contributed by atoms with E-state index in [9.17, 15) is 0 Å². The Hall–Kier alpha value is 1.09. The second-order valence-electron chi connectivity index (χ2n) is 0.906. The zero-order valence-corrected chi connectivity index (χ0v) is 6.89. The molecule has 0 N–H and O–H groups in total. The lowest BCUT2D eigenvalue weighted by Gasteiger charge is -1.92. The summed E-state index contributed by atoms with van der Waals surface area (Å²) in [6, 6.07) is 0. The van der Waals surface area contributed by atoms with Gasteiger partial charge in [-0.15, -0.1) is 34.8 Å². The van der Waals surface area contributed by atoms with Crippen LogP contribution >= 0.6 is 34.8 Å². The fourth-order valence-electron chi connectivity index (χ4n) is 0.0412. The highest BCUT2D eigenvalue weighted by Crippen LogP contribution is 1.99. The number of rotatable bonds is 2. The van der Waals surface area contributed by atoms with Crippen LogP contribution in [0.1, 0.15) is 0 Å². The molecule has 0 aliphatic rings. The minimum absolute atomic E-state index is 0. The topological polar surface area (TPSA) is 0 Å². The number of alkyl halides is 3. The first-order valence-corrected chi connectivity index (χ1v) is 3.07. The van der Waals surface area contributed by atoms with Gasteiger partial charge in [-0.25, -0.2) is 0 Å². The van der Waals surface area contributed by atoms with E-state index in [1.165, 1.54) is 0 Å². The molecule has 0 aromatic carbocycles. The van der Waals surface area contributed by atoms with E-state index in [2.05, 4.69) is 0 Å². The molecule has 0 atom stereocenters. The second kappa shape index (κ2) is 7.09. The van der Waals surface area contributed by atoms with Gasteiger partial charge in [0.15, 0.2) is 0 Å². The summed E-state index contributed by atoms with van der Waals surface area (Å²) < 4.78 is 0. The predicted octanol–water partition coefficient (Wildman–Crippen LogP) is 1.69. The molecule has 0 saturated carbocycles. The molecular weight excluding hydrogens is 170 g/mol. The van der Waals surface area contributed by atoms with Crippen molar-refractivity contribution in [1.29, 1.82) is 0 Å². The van der Waals surface area contributed by atoms with Gasteiger partial charge in [0.25, 0.3) is 0 Å². The summed E-state index contributed by atoms with van der Waals surface area (Å²) in [6.07, 6.45) is 0. The smallest absolute Gasteiger partial charge is 0.0606 e. The van der Waals surface area contributed by atoms with Crippen LogP contribution in [0.3, 0.4) is 0 Å². The highest BCUT2D eigenvalue weighted by atomic mass is 35.5. The predicted molar refractivity (Wildman–Crippen MR) is 36.8 cm³/mol. The molecule has 0 rings (SSSR count). The van der Waals surface area contributed by atoms with Gasteiger partial charge in [0, 0.05) is 22.7 Å². The molecule has 0 nitrogen and oxygen atoms in total. The summed E-state index contributed by atoms with van der Waals surface area (Å²) >= 11 is 15.9. The van der Waals surface area contributed by atoms with E-state index in [4.69, 9.17) is 34.8 Å². The van der Waals surface area contributed by atoms with Crippen molar-refractivity contribution in [3.8, 4) is 0 Å². The second-order valence-corrected chi connectivity index (χ2v) is 2.14. The van der Waals surface area contributed by atoms with Gasteiger partial charge in [0.05, 0.1) is 5.38 Å². The van der Waals surface area contributed by atoms with Crippen molar-refractivity contribution in [2.45, 2.75) is 5.38 Å². The van der Waals surface area contributed by atoms with Gasteiger partial charge in [-0.05, 0) is 0 Å². The number of hydrogen-bond donors (Lipinski definition) is 0. The standard InChI is InChI=1S/C3H5Cl3.Si/c4-1-3(6)2-5;/h3H,1-2H2;. The van der Waals surface area contributed by atoms with Crippen LogP contribution < -0.4 is 0 Å². The van der Waals surface area contributed by atoms with Gasteiger partial charge >= 0.3 is 0 Å². The first kappa shape index (κ1) is 11.0. The van der Waals surface area contributed by atoms with Crippen molar-refractivity contribution in [3.05, 3.63) is 0 Å². The summed E-state index contributed by atoms with van der Waals surface area (Å²) in [4.78, 5) is 0. The zero-order chi connectivity index (χ0) is 4.99. The lowest BCUT2D eigenvalue weighted by atomic mass is 10.6. The van der Waals surface area contributed by atoms with Gasteiger partial charge in [-0.2, -0.15) is 0 Å². The van der Waals surface area contributed by atoms with Crippen molar-refractivity contribution in [2.75, 3.05) is 11.8 Å². The van der Waals surface area contributed by atoms with Crippen LogP contribution in [-0.2, 0) is 0 Å². The van der Waals surface area contributed by atoms with Crippen LogP contribution in [-0.4, -0.2) is 28.1 Å². The third kappa shape index (κ3) is 7.09. The van der Waals surface area contributed by atoms with Gasteiger partial charge in [0.2, 0.25) is 0 Å². The molecule has 4 heteroatoms. The normalized spacial score (nSPS) is 8.57. The fraction of sp³-hybridized carbons (Fsp3) is 1.00. The van der Waals surface area contributed by atoms with Crippen LogP contribution in [0.5, 0.6) is 0 Å². The molecule has 0 aliphatic heterocycles. The minimum atomic E-state index is -0.0617. The van der Waals surface area contributed by atoms with Crippen LogP contribution in [0.15, 0.2) is 0 Å². The fourth-order valence-corrected chi connectivity index (χ4v) is 0.371. The Kier molecular flexibility index (Phi) is 11.1. The van der Waals surface area contributed by atoms with Crippen LogP contribution in [0, 0.1) is 0 Å². The molecule has 0 fully saturated rings. The van der Waals surface area contributed by atoms with Crippen LogP contribution in [0.2, 0.25) is 0 Å². The van der Waals surface area contributed by atoms with Crippen molar-refractivity contribution >= 4 is 45.8 Å². The molecule has 4 radical (unpaired) electrons. The third-order valence-electron chi connectivity index (χ3n) is 0.335. The molecule has 0 aromatic heterocycles. The summed E-state index contributed by atoms with van der Waals surface area (Å²) in [5.74, 6) is 0.871. The Morgan fingerprint density at radius 2 is 1.43 bits per heavy atom. The maximum absolute atomic E-state index is 5.39. The monoisotopic (exact) mass is 174 g/mol. The molecular formula is C3H5Cl3Si.